The molecule has 0 radical (unpaired) electrons. The average Bonchev–Trinajstić information content (AvgIpc) is 2.77. The molecule has 0 fully saturated rings. The van der Waals surface area contributed by atoms with Crippen LogP contribution in [0.2, 0.25) is 5.02 Å². The fourth-order valence-corrected chi connectivity index (χ4v) is 3.53. The predicted molar refractivity (Wildman–Crippen MR) is 131 cm³/mol. The molecule has 0 aliphatic heterocycles. The second-order valence-electron chi connectivity index (χ2n) is 6.92. The summed E-state index contributed by atoms with van der Waals surface area (Å²) < 4.78 is 6.16. The molecule has 170 valence electrons. The van der Waals surface area contributed by atoms with Crippen LogP contribution in [0.15, 0.2) is 65.1 Å². The Balaban J connectivity index is 1.79. The number of halogens is 2. The number of carboxylic acids is 1. The van der Waals surface area contributed by atoms with Crippen molar-refractivity contribution in [1.82, 2.24) is 0 Å². The molecule has 6 N–H and O–H groups in total. The molecule has 0 heterocycles. The number of nitrogens with one attached hydrogen (secondary N) is 3. The van der Waals surface area contributed by atoms with Gasteiger partial charge in [-0.2, -0.15) is 0 Å². The first-order valence-electron chi connectivity index (χ1n) is 9.65. The van der Waals surface area contributed by atoms with Crippen LogP contribution in [-0.4, -0.2) is 29.4 Å². The Morgan fingerprint density at radius 3 is 2.48 bits per heavy atom. The highest BCUT2D eigenvalue weighted by Gasteiger charge is 2.14. The van der Waals surface area contributed by atoms with Crippen LogP contribution in [0.1, 0.15) is 21.5 Å². The highest BCUT2D eigenvalue weighted by atomic mass is 79.9. The summed E-state index contributed by atoms with van der Waals surface area (Å²) in [5.74, 6) is -1.11. The van der Waals surface area contributed by atoms with Crippen molar-refractivity contribution in [3.8, 4) is 5.75 Å². The van der Waals surface area contributed by atoms with Gasteiger partial charge >= 0.3 is 5.97 Å². The second-order valence-corrected chi connectivity index (χ2v) is 8.28. The smallest absolute Gasteiger partial charge is 0.341 e. The zero-order chi connectivity index (χ0) is 24.0. The Bertz CT molecular complexity index is 1200. The lowest BCUT2D eigenvalue weighted by Gasteiger charge is -2.15. The average molecular weight is 532 g/mol. The summed E-state index contributed by atoms with van der Waals surface area (Å²) in [5, 5.41) is 22.7. The first-order chi connectivity index (χ1) is 15.7. The molecule has 3 aromatic rings. The molecule has 0 bridgehead atoms. The van der Waals surface area contributed by atoms with Crippen molar-refractivity contribution < 1.29 is 19.4 Å². The van der Waals surface area contributed by atoms with Gasteiger partial charge in [-0.15, -0.1) is 0 Å². The number of hydrogen-bond donors (Lipinski definition) is 5. The number of amides is 1. The fourth-order valence-electron chi connectivity index (χ4n) is 2.95. The Morgan fingerprint density at radius 1 is 1.09 bits per heavy atom. The van der Waals surface area contributed by atoms with E-state index in [-0.39, 0.29) is 18.3 Å². The molecular weight excluding hydrogens is 512 g/mol. The Kier molecular flexibility index (Phi) is 7.92. The van der Waals surface area contributed by atoms with Crippen LogP contribution < -0.4 is 21.1 Å². The second kappa shape index (κ2) is 10.8. The van der Waals surface area contributed by atoms with Crippen molar-refractivity contribution in [2.75, 3.05) is 17.2 Å². The van der Waals surface area contributed by atoms with Gasteiger partial charge in [0, 0.05) is 38.5 Å². The monoisotopic (exact) mass is 530 g/mol. The normalized spacial score (nSPS) is 10.4. The van der Waals surface area contributed by atoms with Crippen molar-refractivity contribution in [1.29, 1.82) is 5.41 Å². The summed E-state index contributed by atoms with van der Waals surface area (Å²) in [4.78, 5) is 23.8. The van der Waals surface area contributed by atoms with E-state index >= 15 is 0 Å². The first kappa shape index (κ1) is 24.1. The Hall–Kier alpha value is -3.56. The van der Waals surface area contributed by atoms with Crippen LogP contribution in [0.3, 0.4) is 0 Å². The maximum atomic E-state index is 12.9. The number of ether oxygens (including phenoxy) is 1. The standard InChI is InChI=1S/C23H20BrClN4O4/c24-15-3-8-20(33-12-21(30)31)14(9-15)11-28-19-7-4-16(25)10-18(19)23(32)29-17-5-1-13(2-6-17)22(26)27/h1-10,28H,11-12H2,(H3,26,27)(H,29,32)(H,30,31). The lowest BCUT2D eigenvalue weighted by atomic mass is 10.1. The molecular formula is C23H20BrClN4O4. The zero-order valence-electron chi connectivity index (χ0n) is 17.2. The molecule has 1 amide bonds. The number of rotatable bonds is 9. The third-order valence-electron chi connectivity index (χ3n) is 4.52. The van der Waals surface area contributed by atoms with Gasteiger partial charge < -0.3 is 26.2 Å². The quantitative estimate of drug-likeness (QED) is 0.200. The van der Waals surface area contributed by atoms with E-state index in [0.29, 0.717) is 38.8 Å². The van der Waals surface area contributed by atoms with Crippen LogP contribution in [0.5, 0.6) is 5.75 Å². The van der Waals surface area contributed by atoms with E-state index in [9.17, 15) is 9.59 Å². The minimum atomic E-state index is -1.08. The van der Waals surface area contributed by atoms with Crippen LogP contribution in [0.25, 0.3) is 0 Å². The Morgan fingerprint density at radius 2 is 1.82 bits per heavy atom. The number of nitrogens with two attached hydrogens (primary N) is 1. The molecule has 0 aliphatic carbocycles. The van der Waals surface area contributed by atoms with Crippen molar-refractivity contribution in [2.45, 2.75) is 6.54 Å². The lowest BCUT2D eigenvalue weighted by Crippen LogP contribution is -2.16. The zero-order valence-corrected chi connectivity index (χ0v) is 19.5. The highest BCUT2D eigenvalue weighted by molar-refractivity contribution is 9.10. The molecule has 10 heteroatoms. The van der Waals surface area contributed by atoms with E-state index in [0.717, 1.165) is 4.47 Å². The van der Waals surface area contributed by atoms with E-state index in [2.05, 4.69) is 26.6 Å². The minimum Gasteiger partial charge on any atom is -0.482 e. The van der Waals surface area contributed by atoms with E-state index in [1.54, 1.807) is 60.7 Å². The number of carbonyl (C=O) groups excluding carboxylic acids is 1. The molecule has 0 spiro atoms. The van der Waals surface area contributed by atoms with Gasteiger partial charge in [0.15, 0.2) is 6.61 Å². The summed E-state index contributed by atoms with van der Waals surface area (Å²) in [6.07, 6.45) is 0. The minimum absolute atomic E-state index is 0.0616. The maximum absolute atomic E-state index is 12.9. The van der Waals surface area contributed by atoms with Crippen molar-refractivity contribution in [3.05, 3.63) is 86.8 Å². The summed E-state index contributed by atoms with van der Waals surface area (Å²) in [5.41, 5.74) is 8.09. The largest absolute Gasteiger partial charge is 0.482 e. The molecule has 8 nitrogen and oxygen atoms in total. The fraction of sp³-hybridized carbons (Fsp3) is 0.0870. The van der Waals surface area contributed by atoms with Crippen molar-refractivity contribution >= 4 is 56.6 Å². The van der Waals surface area contributed by atoms with E-state index in [1.165, 1.54) is 0 Å². The first-order valence-corrected chi connectivity index (χ1v) is 10.8. The lowest BCUT2D eigenvalue weighted by molar-refractivity contribution is -0.139. The summed E-state index contributed by atoms with van der Waals surface area (Å²) in [7, 11) is 0. The van der Waals surface area contributed by atoms with Crippen molar-refractivity contribution in [3.63, 3.8) is 0 Å². The molecule has 3 rings (SSSR count). The van der Waals surface area contributed by atoms with Gasteiger partial charge in [0.1, 0.15) is 11.6 Å². The molecule has 0 saturated carbocycles. The molecule has 0 unspecified atom stereocenters. The number of carboxylic acid groups (broad SMARTS) is 1. The third-order valence-corrected chi connectivity index (χ3v) is 5.25. The summed E-state index contributed by atoms with van der Waals surface area (Å²) in [6.45, 7) is -0.199. The van der Waals surface area contributed by atoms with Gasteiger partial charge in [-0.1, -0.05) is 27.5 Å². The molecule has 33 heavy (non-hydrogen) atoms. The van der Waals surface area contributed by atoms with Gasteiger partial charge in [-0.05, 0) is 60.7 Å². The van der Waals surface area contributed by atoms with Gasteiger partial charge in [0.25, 0.3) is 5.91 Å². The number of amidine groups is 1. The van der Waals surface area contributed by atoms with Crippen LogP contribution in [0.4, 0.5) is 11.4 Å². The maximum Gasteiger partial charge on any atom is 0.341 e. The molecule has 3 aromatic carbocycles. The molecule has 0 aromatic heterocycles. The van der Waals surface area contributed by atoms with E-state index in [4.69, 9.17) is 32.6 Å². The molecule has 0 atom stereocenters. The predicted octanol–water partition coefficient (Wildman–Crippen LogP) is 4.71. The number of anilines is 2. The van der Waals surface area contributed by atoms with E-state index < -0.39 is 12.6 Å². The van der Waals surface area contributed by atoms with Gasteiger partial charge in [-0.25, -0.2) is 4.79 Å². The van der Waals surface area contributed by atoms with Crippen LogP contribution in [0, 0.1) is 5.41 Å². The summed E-state index contributed by atoms with van der Waals surface area (Å²) >= 11 is 9.53. The Labute approximate surface area is 203 Å². The van der Waals surface area contributed by atoms with E-state index in [1.807, 2.05) is 0 Å². The summed E-state index contributed by atoms with van der Waals surface area (Å²) in [6, 6.07) is 16.7. The number of benzene rings is 3. The topological polar surface area (TPSA) is 138 Å². The van der Waals surface area contributed by atoms with Crippen LogP contribution >= 0.6 is 27.5 Å². The number of carbonyl (C=O) groups is 2. The highest BCUT2D eigenvalue weighted by Crippen LogP contribution is 2.27. The van der Waals surface area contributed by atoms with Gasteiger partial charge in [-0.3, -0.25) is 10.2 Å². The number of nitrogen functional groups attached to an aromatic ring is 1. The molecule has 0 saturated heterocycles. The van der Waals surface area contributed by atoms with Gasteiger partial charge in [0.2, 0.25) is 0 Å². The van der Waals surface area contributed by atoms with Crippen molar-refractivity contribution in [2.24, 2.45) is 5.73 Å². The van der Waals surface area contributed by atoms with Crippen LogP contribution in [-0.2, 0) is 11.3 Å². The SMILES string of the molecule is N=C(N)c1ccc(NC(=O)c2cc(Cl)ccc2NCc2cc(Br)ccc2OCC(=O)O)cc1. The van der Waals surface area contributed by atoms with Gasteiger partial charge in [0.05, 0.1) is 5.56 Å². The number of hydrogen-bond acceptors (Lipinski definition) is 5. The molecule has 0 aliphatic rings. The third kappa shape index (κ3) is 6.71. The number of aliphatic carboxylic acids is 1.